The molecule has 12 heteroatoms. The topological polar surface area (TPSA) is 196 Å². The number of ether oxygens (including phenoxy) is 2. The molecule has 3 rings (SSSR count). The summed E-state index contributed by atoms with van der Waals surface area (Å²) in [6.07, 6.45) is -13.7. The van der Waals surface area contributed by atoms with Gasteiger partial charge in [0.2, 0.25) is 0 Å². The molecule has 3 saturated heterocycles. The summed E-state index contributed by atoms with van der Waals surface area (Å²) in [4.78, 5) is 4.96. The van der Waals surface area contributed by atoms with Gasteiger partial charge >= 0.3 is 0 Å². The van der Waals surface area contributed by atoms with E-state index in [1.807, 2.05) is 0 Å². The van der Waals surface area contributed by atoms with E-state index in [2.05, 4.69) is 4.99 Å². The van der Waals surface area contributed by atoms with E-state index in [9.17, 15) is 40.9 Å². The van der Waals surface area contributed by atoms with Crippen LogP contribution in [-0.2, 0) is 9.47 Å². The van der Waals surface area contributed by atoms with Gasteiger partial charge in [-0.15, -0.1) is 0 Å². The molecule has 0 unspecified atom stereocenters. The van der Waals surface area contributed by atoms with Gasteiger partial charge in [-0.3, -0.25) is 4.90 Å². The summed E-state index contributed by atoms with van der Waals surface area (Å²) >= 11 is 0. The molecule has 0 aliphatic carbocycles. The average Bonchev–Trinajstić information content (AvgIpc) is 3.02. The van der Waals surface area contributed by atoms with E-state index in [4.69, 9.17) is 9.47 Å². The third-order valence-corrected chi connectivity index (χ3v) is 4.75. The van der Waals surface area contributed by atoms with Gasteiger partial charge in [0.1, 0.15) is 49.3 Å². The number of rotatable bonds is 2. The van der Waals surface area contributed by atoms with E-state index < -0.39 is 67.8 Å². The Bertz CT molecular complexity index is 519. The second-order valence-electron chi connectivity index (χ2n) is 6.30. The fourth-order valence-corrected chi connectivity index (χ4v) is 3.20. The van der Waals surface area contributed by atoms with Crippen LogP contribution < -0.4 is 0 Å². The second kappa shape index (κ2) is 6.90. The smallest absolute Gasteiger partial charge is 0.292 e. The lowest BCUT2D eigenvalue weighted by Gasteiger charge is -2.43. The summed E-state index contributed by atoms with van der Waals surface area (Å²) in [6.45, 7) is -0.788. The van der Waals surface area contributed by atoms with Crippen molar-refractivity contribution < 1.29 is 50.3 Å². The number of fused-ring (bicyclic) bond motifs is 1. The fraction of sp³-hybridized carbons (Fsp3) is 0.923. The first kappa shape index (κ1) is 18.7. The number of aliphatic hydroxyl groups is 8. The molecule has 0 aromatic rings. The van der Waals surface area contributed by atoms with E-state index in [1.165, 1.54) is 0 Å². The summed E-state index contributed by atoms with van der Waals surface area (Å²) in [5.41, 5.74) is 0. The SMILES string of the molecule is OC[C@H]1O[C@@H](/N=C2\OC[C@@H]3[C@@H](O)[C@H](O)[C@H](O)[C@@H](O)N23)[C@H](O)[C@@H](O)[C@@H]1O. The second-order valence-corrected chi connectivity index (χ2v) is 6.30. The van der Waals surface area contributed by atoms with E-state index in [0.29, 0.717) is 0 Å². The largest absolute Gasteiger partial charge is 0.463 e. The first-order chi connectivity index (χ1) is 11.8. The Morgan fingerprint density at radius 2 is 1.52 bits per heavy atom. The molecular formula is C13H22N2O10. The van der Waals surface area contributed by atoms with Crippen molar-refractivity contribution in [1.82, 2.24) is 4.90 Å². The lowest BCUT2D eigenvalue weighted by Crippen LogP contribution is -2.66. The van der Waals surface area contributed by atoms with E-state index in [1.54, 1.807) is 0 Å². The normalized spacial score (nSPS) is 52.2. The Hall–Kier alpha value is -1.09. The van der Waals surface area contributed by atoms with E-state index in [-0.39, 0.29) is 12.6 Å². The highest BCUT2D eigenvalue weighted by Crippen LogP contribution is 2.30. The molecule has 0 aromatic carbocycles. The monoisotopic (exact) mass is 366 g/mol. The lowest BCUT2D eigenvalue weighted by atomic mass is 9.94. The van der Waals surface area contributed by atoms with Crippen LogP contribution in [0, 0.1) is 0 Å². The van der Waals surface area contributed by atoms with Crippen molar-refractivity contribution >= 4 is 6.02 Å². The molecule has 144 valence electrons. The van der Waals surface area contributed by atoms with Crippen LogP contribution in [0.4, 0.5) is 0 Å². The molecule has 0 aromatic heterocycles. The molecule has 10 atom stereocenters. The predicted molar refractivity (Wildman–Crippen MR) is 76.8 cm³/mol. The Morgan fingerprint density at radius 1 is 0.880 bits per heavy atom. The number of amidine groups is 1. The van der Waals surface area contributed by atoms with Crippen molar-refractivity contribution in [3.05, 3.63) is 0 Å². The van der Waals surface area contributed by atoms with Crippen LogP contribution in [0.1, 0.15) is 0 Å². The molecule has 0 saturated carbocycles. The minimum Gasteiger partial charge on any atom is -0.463 e. The van der Waals surface area contributed by atoms with Crippen LogP contribution >= 0.6 is 0 Å². The average molecular weight is 366 g/mol. The van der Waals surface area contributed by atoms with Gasteiger partial charge in [-0.2, -0.15) is 0 Å². The lowest BCUT2D eigenvalue weighted by molar-refractivity contribution is -0.227. The fourth-order valence-electron chi connectivity index (χ4n) is 3.20. The van der Waals surface area contributed by atoms with Crippen molar-refractivity contribution in [2.45, 2.75) is 61.2 Å². The number of aliphatic imine (C=N–C) groups is 1. The summed E-state index contributed by atoms with van der Waals surface area (Å²) in [6, 6.07) is -1.18. The number of nitrogens with zero attached hydrogens (tertiary/aromatic N) is 2. The van der Waals surface area contributed by atoms with E-state index in [0.717, 1.165) is 4.90 Å². The molecule has 12 nitrogen and oxygen atoms in total. The summed E-state index contributed by atoms with van der Waals surface area (Å²) in [5.74, 6) is 0. The molecule has 0 bridgehead atoms. The zero-order valence-electron chi connectivity index (χ0n) is 13.0. The van der Waals surface area contributed by atoms with Crippen LogP contribution in [0.2, 0.25) is 0 Å². The third kappa shape index (κ3) is 2.99. The van der Waals surface area contributed by atoms with Gasteiger partial charge in [0.25, 0.3) is 6.02 Å². The van der Waals surface area contributed by atoms with Gasteiger partial charge < -0.3 is 50.3 Å². The van der Waals surface area contributed by atoms with Crippen LogP contribution in [0.5, 0.6) is 0 Å². The van der Waals surface area contributed by atoms with E-state index >= 15 is 0 Å². The molecule has 0 radical (unpaired) electrons. The highest BCUT2D eigenvalue weighted by molar-refractivity contribution is 5.77. The zero-order valence-corrected chi connectivity index (χ0v) is 13.0. The summed E-state index contributed by atoms with van der Waals surface area (Å²) < 4.78 is 10.5. The molecule has 0 spiro atoms. The van der Waals surface area contributed by atoms with Gasteiger partial charge in [-0.05, 0) is 0 Å². The first-order valence-electron chi connectivity index (χ1n) is 7.79. The molecule has 0 amide bonds. The maximum atomic E-state index is 10.1. The Morgan fingerprint density at radius 3 is 2.16 bits per heavy atom. The quantitative estimate of drug-likeness (QED) is 0.232. The maximum Gasteiger partial charge on any atom is 0.292 e. The van der Waals surface area contributed by atoms with Crippen molar-refractivity contribution in [2.24, 2.45) is 4.99 Å². The highest BCUT2D eigenvalue weighted by atomic mass is 16.6. The Labute approximate surface area is 141 Å². The molecule has 3 aliphatic rings. The van der Waals surface area contributed by atoms with Gasteiger partial charge in [-0.25, -0.2) is 4.99 Å². The van der Waals surface area contributed by atoms with Crippen molar-refractivity contribution in [3.8, 4) is 0 Å². The maximum absolute atomic E-state index is 10.1. The minimum absolute atomic E-state index is 0.155. The van der Waals surface area contributed by atoms with Gasteiger partial charge in [-0.1, -0.05) is 0 Å². The molecule has 25 heavy (non-hydrogen) atoms. The van der Waals surface area contributed by atoms with Crippen molar-refractivity contribution in [2.75, 3.05) is 13.2 Å². The molecule has 3 fully saturated rings. The summed E-state index contributed by atoms with van der Waals surface area (Å²) in [7, 11) is 0. The zero-order chi connectivity index (χ0) is 18.5. The number of hydrogen-bond acceptors (Lipinski definition) is 11. The minimum atomic E-state index is -1.69. The standard InChI is InChI=1S/C13H22N2O10/c16-1-4-6(18)8(20)9(21)11(25-4)14-13-15-3(2-24-13)5(17)7(19)10(22)12(15)23/h3-12,16-23H,1-2H2/b14-13-/t3-,4-,5-,6-,7+,8+,9-,10+,11-,12-/m1/s1. The van der Waals surface area contributed by atoms with Crippen LogP contribution in [0.15, 0.2) is 4.99 Å². The van der Waals surface area contributed by atoms with Gasteiger partial charge in [0, 0.05) is 0 Å². The first-order valence-corrected chi connectivity index (χ1v) is 7.79. The van der Waals surface area contributed by atoms with Gasteiger partial charge in [0.15, 0.2) is 12.5 Å². The number of piperidine rings is 1. The van der Waals surface area contributed by atoms with Crippen LogP contribution in [0.25, 0.3) is 0 Å². The van der Waals surface area contributed by atoms with Crippen molar-refractivity contribution in [3.63, 3.8) is 0 Å². The molecule has 3 heterocycles. The number of hydrogen-bond donors (Lipinski definition) is 8. The number of aliphatic hydroxyl groups excluding tert-OH is 8. The Kier molecular flexibility index (Phi) is 5.16. The summed E-state index contributed by atoms with van der Waals surface area (Å²) in [5, 5.41) is 78.3. The molecular weight excluding hydrogens is 344 g/mol. The third-order valence-electron chi connectivity index (χ3n) is 4.75. The van der Waals surface area contributed by atoms with Crippen LogP contribution in [0.3, 0.4) is 0 Å². The molecule has 8 N–H and O–H groups in total. The predicted octanol–water partition coefficient (Wildman–Crippen LogP) is -5.74. The highest BCUT2D eigenvalue weighted by Gasteiger charge is 2.53. The van der Waals surface area contributed by atoms with Crippen LogP contribution in [-0.4, -0.2) is 126 Å². The van der Waals surface area contributed by atoms with Crippen molar-refractivity contribution in [1.29, 1.82) is 0 Å². The van der Waals surface area contributed by atoms with Gasteiger partial charge in [0.05, 0.1) is 12.6 Å². The Balaban J connectivity index is 1.84. The molecule has 3 aliphatic heterocycles.